The Morgan fingerprint density at radius 2 is 2.00 bits per heavy atom. The summed E-state index contributed by atoms with van der Waals surface area (Å²) in [5.74, 6) is 0.834. The molecule has 2 rings (SSSR count). The zero-order valence-corrected chi connectivity index (χ0v) is 16.6. The molecule has 5 nitrogen and oxygen atoms in total. The summed E-state index contributed by atoms with van der Waals surface area (Å²) in [6.45, 7) is 7.51. The minimum Gasteiger partial charge on any atom is -0.353 e. The number of thioether (sulfide) groups is 1. The zero-order valence-electron chi connectivity index (χ0n) is 15.8. The van der Waals surface area contributed by atoms with Gasteiger partial charge in [-0.2, -0.15) is 0 Å². The fraction of sp³-hybridized carbons (Fsp3) is 0.579. The van der Waals surface area contributed by atoms with Crippen LogP contribution in [0.5, 0.6) is 0 Å². The standard InChI is InChI=1S/C19H29N3O2S/c1-13(2)19-22(18(24)15-9-7-6-8-14(15)3)16(12-25-19)17(23)20-10-11-21(4)5/h6-9,13,16,19H,10-12H2,1-5H3,(H,20,23). The van der Waals surface area contributed by atoms with E-state index >= 15 is 0 Å². The second kappa shape index (κ2) is 8.72. The summed E-state index contributed by atoms with van der Waals surface area (Å²) < 4.78 is 0. The van der Waals surface area contributed by atoms with Crippen molar-refractivity contribution in [3.63, 3.8) is 0 Å². The van der Waals surface area contributed by atoms with Gasteiger partial charge in [0.1, 0.15) is 6.04 Å². The Morgan fingerprint density at radius 3 is 2.60 bits per heavy atom. The van der Waals surface area contributed by atoms with E-state index in [0.29, 0.717) is 17.9 Å². The molecule has 1 aliphatic heterocycles. The van der Waals surface area contributed by atoms with E-state index in [1.807, 2.05) is 50.2 Å². The monoisotopic (exact) mass is 363 g/mol. The Kier molecular flexibility index (Phi) is 6.90. The predicted octanol–water partition coefficient (Wildman–Crippen LogP) is 2.21. The Morgan fingerprint density at radius 1 is 1.32 bits per heavy atom. The summed E-state index contributed by atoms with van der Waals surface area (Å²) in [6, 6.07) is 7.18. The molecule has 25 heavy (non-hydrogen) atoms. The van der Waals surface area contributed by atoms with Crippen molar-refractivity contribution in [3.05, 3.63) is 35.4 Å². The van der Waals surface area contributed by atoms with Crippen molar-refractivity contribution >= 4 is 23.6 Å². The van der Waals surface area contributed by atoms with Gasteiger partial charge in [-0.3, -0.25) is 9.59 Å². The van der Waals surface area contributed by atoms with Crippen molar-refractivity contribution in [1.29, 1.82) is 0 Å². The average Bonchev–Trinajstić information content (AvgIpc) is 2.99. The van der Waals surface area contributed by atoms with Crippen LogP contribution in [0.25, 0.3) is 0 Å². The molecular weight excluding hydrogens is 334 g/mol. The van der Waals surface area contributed by atoms with Gasteiger partial charge in [-0.25, -0.2) is 0 Å². The van der Waals surface area contributed by atoms with Crippen molar-refractivity contribution < 1.29 is 9.59 Å². The molecule has 1 N–H and O–H groups in total. The summed E-state index contributed by atoms with van der Waals surface area (Å²) >= 11 is 1.70. The van der Waals surface area contributed by atoms with Crippen molar-refractivity contribution in [1.82, 2.24) is 15.1 Å². The molecule has 138 valence electrons. The molecule has 0 aromatic heterocycles. The first-order valence-electron chi connectivity index (χ1n) is 8.75. The molecule has 1 aromatic rings. The van der Waals surface area contributed by atoms with Crippen LogP contribution in [0.1, 0.15) is 29.8 Å². The minimum atomic E-state index is -0.410. The van der Waals surface area contributed by atoms with Gasteiger partial charge < -0.3 is 15.1 Å². The fourth-order valence-electron chi connectivity index (χ4n) is 2.97. The Bertz CT molecular complexity index is 618. The number of amides is 2. The van der Waals surface area contributed by atoms with Crippen LogP contribution in [-0.2, 0) is 4.79 Å². The first-order chi connectivity index (χ1) is 11.8. The number of carbonyl (C=O) groups excluding carboxylic acids is 2. The van der Waals surface area contributed by atoms with Gasteiger partial charge in [-0.1, -0.05) is 32.0 Å². The van der Waals surface area contributed by atoms with E-state index in [1.54, 1.807) is 16.7 Å². The molecule has 2 unspecified atom stereocenters. The van der Waals surface area contributed by atoms with Crippen molar-refractivity contribution in [3.8, 4) is 0 Å². The first kappa shape index (κ1) is 19.8. The van der Waals surface area contributed by atoms with E-state index in [1.165, 1.54) is 0 Å². The molecule has 1 fully saturated rings. The SMILES string of the molecule is Cc1ccccc1C(=O)N1C(C(=O)NCCN(C)C)CSC1C(C)C. The third-order valence-electron chi connectivity index (χ3n) is 4.38. The average molecular weight is 364 g/mol. The number of nitrogens with zero attached hydrogens (tertiary/aromatic N) is 2. The molecule has 6 heteroatoms. The van der Waals surface area contributed by atoms with Gasteiger partial charge in [-0.15, -0.1) is 11.8 Å². The number of carbonyl (C=O) groups is 2. The number of benzene rings is 1. The maximum atomic E-state index is 13.2. The van der Waals surface area contributed by atoms with Crippen LogP contribution in [0.3, 0.4) is 0 Å². The highest BCUT2D eigenvalue weighted by molar-refractivity contribution is 8.00. The quantitative estimate of drug-likeness (QED) is 0.842. The highest BCUT2D eigenvalue weighted by Crippen LogP contribution is 2.35. The van der Waals surface area contributed by atoms with Gasteiger partial charge >= 0.3 is 0 Å². The summed E-state index contributed by atoms with van der Waals surface area (Å²) in [4.78, 5) is 29.7. The van der Waals surface area contributed by atoms with Crippen LogP contribution in [0.15, 0.2) is 24.3 Å². The maximum Gasteiger partial charge on any atom is 0.255 e. The van der Waals surface area contributed by atoms with Gasteiger partial charge in [0.05, 0.1) is 5.37 Å². The number of hydrogen-bond donors (Lipinski definition) is 1. The smallest absolute Gasteiger partial charge is 0.255 e. The van der Waals surface area contributed by atoms with E-state index in [2.05, 4.69) is 19.2 Å². The van der Waals surface area contributed by atoms with Crippen molar-refractivity contribution in [2.24, 2.45) is 5.92 Å². The molecule has 0 saturated carbocycles. The fourth-order valence-corrected chi connectivity index (χ4v) is 4.45. The van der Waals surface area contributed by atoms with Crippen LogP contribution >= 0.6 is 11.8 Å². The van der Waals surface area contributed by atoms with Crippen molar-refractivity contribution in [2.45, 2.75) is 32.2 Å². The first-order valence-corrected chi connectivity index (χ1v) is 9.80. The summed E-state index contributed by atoms with van der Waals surface area (Å²) in [5, 5.41) is 3.00. The molecule has 1 heterocycles. The normalized spacial score (nSPS) is 20.4. The largest absolute Gasteiger partial charge is 0.353 e. The maximum absolute atomic E-state index is 13.2. The van der Waals surface area contributed by atoms with E-state index in [9.17, 15) is 9.59 Å². The Balaban J connectivity index is 2.20. The number of aryl methyl sites for hydroxylation is 1. The lowest BCUT2D eigenvalue weighted by Gasteiger charge is -2.31. The molecule has 1 aliphatic rings. The molecular formula is C19H29N3O2S. The van der Waals surface area contributed by atoms with Crippen molar-refractivity contribution in [2.75, 3.05) is 32.9 Å². The highest BCUT2D eigenvalue weighted by atomic mass is 32.2. The summed E-state index contributed by atoms with van der Waals surface area (Å²) in [5.41, 5.74) is 1.63. The van der Waals surface area contributed by atoms with Crippen LogP contribution in [0, 0.1) is 12.8 Å². The number of likely N-dealkylation sites (N-methyl/N-ethyl adjacent to an activating group) is 1. The third kappa shape index (κ3) is 4.76. The van der Waals surface area contributed by atoms with Gasteiger partial charge in [-0.05, 0) is 38.6 Å². The number of hydrogen-bond acceptors (Lipinski definition) is 4. The van der Waals surface area contributed by atoms with Gasteiger partial charge in [0.15, 0.2) is 0 Å². The van der Waals surface area contributed by atoms with Crippen LogP contribution in [-0.4, -0.2) is 66.0 Å². The lowest BCUT2D eigenvalue weighted by atomic mass is 10.0. The predicted molar refractivity (Wildman–Crippen MR) is 104 cm³/mol. The van der Waals surface area contributed by atoms with Gasteiger partial charge in [0, 0.05) is 24.4 Å². The topological polar surface area (TPSA) is 52.7 Å². The van der Waals surface area contributed by atoms with Crippen LogP contribution < -0.4 is 5.32 Å². The highest BCUT2D eigenvalue weighted by Gasteiger charge is 2.43. The lowest BCUT2D eigenvalue weighted by molar-refractivity contribution is -0.125. The third-order valence-corrected chi connectivity index (χ3v) is 6.00. The molecule has 0 aliphatic carbocycles. The zero-order chi connectivity index (χ0) is 18.6. The van der Waals surface area contributed by atoms with E-state index in [0.717, 1.165) is 12.1 Å². The molecule has 0 bridgehead atoms. The Labute approximate surface area is 155 Å². The Hall–Kier alpha value is -1.53. The summed E-state index contributed by atoms with van der Waals surface area (Å²) in [6.07, 6.45) is 0. The van der Waals surface area contributed by atoms with Gasteiger partial charge in [0.2, 0.25) is 5.91 Å². The summed E-state index contributed by atoms with van der Waals surface area (Å²) in [7, 11) is 3.95. The molecule has 1 saturated heterocycles. The van der Waals surface area contributed by atoms with E-state index in [4.69, 9.17) is 0 Å². The van der Waals surface area contributed by atoms with E-state index < -0.39 is 6.04 Å². The molecule has 0 spiro atoms. The molecule has 2 amide bonds. The molecule has 0 radical (unpaired) electrons. The second-order valence-electron chi connectivity index (χ2n) is 7.11. The van der Waals surface area contributed by atoms with Crippen LogP contribution in [0.4, 0.5) is 0 Å². The minimum absolute atomic E-state index is 0.0247. The van der Waals surface area contributed by atoms with Crippen LogP contribution in [0.2, 0.25) is 0 Å². The van der Waals surface area contributed by atoms with Gasteiger partial charge in [0.25, 0.3) is 5.91 Å². The molecule has 1 aromatic carbocycles. The molecule has 2 atom stereocenters. The lowest BCUT2D eigenvalue weighted by Crippen LogP contribution is -2.51. The number of nitrogens with one attached hydrogen (secondary N) is 1. The second-order valence-corrected chi connectivity index (χ2v) is 8.26. The number of rotatable bonds is 6. The van der Waals surface area contributed by atoms with E-state index in [-0.39, 0.29) is 23.1 Å².